The van der Waals surface area contributed by atoms with Crippen molar-refractivity contribution in [2.24, 2.45) is 11.8 Å². The van der Waals surface area contributed by atoms with Crippen molar-refractivity contribution < 1.29 is 4.39 Å². The van der Waals surface area contributed by atoms with Crippen LogP contribution in [0.1, 0.15) is 45.1 Å². The zero-order chi connectivity index (χ0) is 13.7. The van der Waals surface area contributed by atoms with Gasteiger partial charge in [-0.25, -0.2) is 4.39 Å². The van der Waals surface area contributed by atoms with Gasteiger partial charge in [0.2, 0.25) is 0 Å². The second-order valence-corrected chi connectivity index (χ2v) is 6.20. The van der Waals surface area contributed by atoms with Crippen LogP contribution >= 0.6 is 0 Å². The lowest BCUT2D eigenvalue weighted by Gasteiger charge is -2.25. The minimum absolute atomic E-state index is 0.138. The number of hydrogen-bond donors (Lipinski definition) is 1. The summed E-state index contributed by atoms with van der Waals surface area (Å²) in [6, 6.07) is 7.57. The van der Waals surface area contributed by atoms with Crippen LogP contribution in [0.2, 0.25) is 0 Å². The smallest absolute Gasteiger partial charge is 0.123 e. The Bertz CT molecular complexity index is 365. The lowest BCUT2D eigenvalue weighted by Crippen LogP contribution is -2.33. The standard InChI is InChI=1S/C17H26FN/c1-13(2)19-12-16(15-5-3-4-6-15)11-14-7-9-17(18)10-8-14/h7-10,13,15-16,19H,3-6,11-12H2,1-2H3. The van der Waals surface area contributed by atoms with Crippen LogP contribution in [0.4, 0.5) is 4.39 Å². The first-order valence-corrected chi connectivity index (χ1v) is 7.63. The van der Waals surface area contributed by atoms with Crippen molar-refractivity contribution in [3.8, 4) is 0 Å². The highest BCUT2D eigenvalue weighted by Gasteiger charge is 2.25. The quantitative estimate of drug-likeness (QED) is 0.812. The van der Waals surface area contributed by atoms with Gasteiger partial charge in [-0.15, -0.1) is 0 Å². The van der Waals surface area contributed by atoms with Crippen LogP contribution in [0.5, 0.6) is 0 Å². The van der Waals surface area contributed by atoms with E-state index in [1.807, 2.05) is 12.1 Å². The molecule has 2 rings (SSSR count). The van der Waals surface area contributed by atoms with E-state index in [2.05, 4.69) is 19.2 Å². The van der Waals surface area contributed by atoms with Gasteiger partial charge in [0.15, 0.2) is 0 Å². The molecule has 0 aliphatic heterocycles. The van der Waals surface area contributed by atoms with Crippen molar-refractivity contribution in [1.82, 2.24) is 5.32 Å². The van der Waals surface area contributed by atoms with Crippen LogP contribution < -0.4 is 5.32 Å². The molecule has 1 aliphatic rings. The maximum Gasteiger partial charge on any atom is 0.123 e. The van der Waals surface area contributed by atoms with Crippen molar-refractivity contribution in [3.05, 3.63) is 35.6 Å². The van der Waals surface area contributed by atoms with E-state index < -0.39 is 0 Å². The lowest BCUT2D eigenvalue weighted by atomic mass is 9.85. The Labute approximate surface area is 116 Å². The van der Waals surface area contributed by atoms with Crippen molar-refractivity contribution in [2.45, 2.75) is 52.0 Å². The van der Waals surface area contributed by atoms with Gasteiger partial charge in [-0.05, 0) is 42.5 Å². The molecule has 0 bridgehead atoms. The Balaban J connectivity index is 1.97. The molecule has 1 unspecified atom stereocenters. The van der Waals surface area contributed by atoms with E-state index in [1.165, 1.54) is 31.2 Å². The molecule has 0 heterocycles. The zero-order valence-electron chi connectivity index (χ0n) is 12.2. The highest BCUT2D eigenvalue weighted by Crippen LogP contribution is 2.33. The van der Waals surface area contributed by atoms with Crippen LogP contribution in [0.25, 0.3) is 0 Å². The fraction of sp³-hybridized carbons (Fsp3) is 0.647. The van der Waals surface area contributed by atoms with E-state index in [1.54, 1.807) is 12.1 Å². The van der Waals surface area contributed by atoms with Gasteiger partial charge in [0, 0.05) is 6.04 Å². The van der Waals surface area contributed by atoms with E-state index in [9.17, 15) is 4.39 Å². The van der Waals surface area contributed by atoms with Gasteiger partial charge >= 0.3 is 0 Å². The first-order chi connectivity index (χ1) is 9.15. The lowest BCUT2D eigenvalue weighted by molar-refractivity contribution is 0.313. The molecule has 1 nitrogen and oxygen atoms in total. The first kappa shape index (κ1) is 14.5. The van der Waals surface area contributed by atoms with Gasteiger partial charge in [0.1, 0.15) is 5.82 Å². The van der Waals surface area contributed by atoms with Crippen LogP contribution in [0.15, 0.2) is 24.3 Å². The third-order valence-corrected chi connectivity index (χ3v) is 4.27. The average Bonchev–Trinajstić information content (AvgIpc) is 2.90. The number of nitrogens with one attached hydrogen (secondary N) is 1. The highest BCUT2D eigenvalue weighted by molar-refractivity contribution is 5.17. The Morgan fingerprint density at radius 3 is 2.37 bits per heavy atom. The molecule has 1 aromatic rings. The summed E-state index contributed by atoms with van der Waals surface area (Å²) in [7, 11) is 0. The molecule has 1 aliphatic carbocycles. The van der Waals surface area contributed by atoms with Crippen molar-refractivity contribution in [2.75, 3.05) is 6.54 Å². The molecule has 19 heavy (non-hydrogen) atoms. The molecule has 1 N–H and O–H groups in total. The van der Waals surface area contributed by atoms with Gasteiger partial charge < -0.3 is 5.32 Å². The zero-order valence-corrected chi connectivity index (χ0v) is 12.2. The third kappa shape index (κ3) is 4.61. The van der Waals surface area contributed by atoms with E-state index in [-0.39, 0.29) is 5.82 Å². The summed E-state index contributed by atoms with van der Waals surface area (Å²) in [6.07, 6.45) is 6.57. The van der Waals surface area contributed by atoms with Crippen molar-refractivity contribution >= 4 is 0 Å². The SMILES string of the molecule is CC(C)NCC(Cc1ccc(F)cc1)C1CCCC1. The Hall–Kier alpha value is -0.890. The predicted molar refractivity (Wildman–Crippen MR) is 78.7 cm³/mol. The summed E-state index contributed by atoms with van der Waals surface area (Å²) in [5.41, 5.74) is 1.27. The predicted octanol–water partition coefficient (Wildman–Crippen LogP) is 4.17. The Kier molecular flexibility index (Phi) is 5.38. The summed E-state index contributed by atoms with van der Waals surface area (Å²) in [6.45, 7) is 5.48. The van der Waals surface area contributed by atoms with Gasteiger partial charge in [-0.3, -0.25) is 0 Å². The number of rotatable bonds is 6. The normalized spacial score (nSPS) is 18.1. The van der Waals surface area contributed by atoms with E-state index >= 15 is 0 Å². The maximum absolute atomic E-state index is 13.0. The molecule has 106 valence electrons. The maximum atomic E-state index is 13.0. The van der Waals surface area contributed by atoms with E-state index in [4.69, 9.17) is 0 Å². The van der Waals surface area contributed by atoms with E-state index in [0.29, 0.717) is 12.0 Å². The summed E-state index contributed by atoms with van der Waals surface area (Å²) < 4.78 is 13.0. The Morgan fingerprint density at radius 1 is 1.16 bits per heavy atom. The second-order valence-electron chi connectivity index (χ2n) is 6.20. The molecule has 0 saturated heterocycles. The number of benzene rings is 1. The van der Waals surface area contributed by atoms with E-state index in [0.717, 1.165) is 18.9 Å². The van der Waals surface area contributed by atoms with Crippen LogP contribution in [0.3, 0.4) is 0 Å². The fourth-order valence-corrected chi connectivity index (χ4v) is 3.14. The topological polar surface area (TPSA) is 12.0 Å². The first-order valence-electron chi connectivity index (χ1n) is 7.63. The molecule has 0 radical (unpaired) electrons. The molecule has 1 atom stereocenters. The second kappa shape index (κ2) is 7.04. The minimum atomic E-state index is -0.138. The molecule has 1 aromatic carbocycles. The molecule has 1 fully saturated rings. The van der Waals surface area contributed by atoms with Gasteiger partial charge in [0.05, 0.1) is 0 Å². The van der Waals surface area contributed by atoms with Crippen molar-refractivity contribution in [1.29, 1.82) is 0 Å². The molecule has 0 aromatic heterocycles. The monoisotopic (exact) mass is 263 g/mol. The Morgan fingerprint density at radius 2 is 1.79 bits per heavy atom. The minimum Gasteiger partial charge on any atom is -0.314 e. The van der Waals surface area contributed by atoms with Gasteiger partial charge in [0.25, 0.3) is 0 Å². The highest BCUT2D eigenvalue weighted by atomic mass is 19.1. The molecule has 0 amide bonds. The molecule has 0 spiro atoms. The largest absolute Gasteiger partial charge is 0.314 e. The molecule has 1 saturated carbocycles. The number of halogens is 1. The average molecular weight is 263 g/mol. The molecular formula is C17H26FN. The molecular weight excluding hydrogens is 237 g/mol. The number of hydrogen-bond acceptors (Lipinski definition) is 1. The fourth-order valence-electron chi connectivity index (χ4n) is 3.14. The molecule has 2 heteroatoms. The summed E-state index contributed by atoms with van der Waals surface area (Å²) in [5, 5.41) is 3.58. The van der Waals surface area contributed by atoms with Crippen LogP contribution in [-0.2, 0) is 6.42 Å². The van der Waals surface area contributed by atoms with Gasteiger partial charge in [-0.1, -0.05) is 51.7 Å². The summed E-state index contributed by atoms with van der Waals surface area (Å²) >= 11 is 0. The van der Waals surface area contributed by atoms with Gasteiger partial charge in [-0.2, -0.15) is 0 Å². The van der Waals surface area contributed by atoms with Crippen LogP contribution in [-0.4, -0.2) is 12.6 Å². The van der Waals surface area contributed by atoms with Crippen molar-refractivity contribution in [3.63, 3.8) is 0 Å². The third-order valence-electron chi connectivity index (χ3n) is 4.27. The summed E-state index contributed by atoms with van der Waals surface area (Å²) in [5.74, 6) is 1.40. The van der Waals surface area contributed by atoms with Crippen LogP contribution in [0, 0.1) is 17.7 Å². The summed E-state index contributed by atoms with van der Waals surface area (Å²) in [4.78, 5) is 0.